The van der Waals surface area contributed by atoms with Crippen LogP contribution in [0.15, 0.2) is 28.9 Å². The number of nitrogens with zero attached hydrogens (tertiary/aromatic N) is 1. The van der Waals surface area contributed by atoms with E-state index in [0.717, 1.165) is 30.2 Å². The highest BCUT2D eigenvalue weighted by Crippen LogP contribution is 2.28. The highest BCUT2D eigenvalue weighted by Gasteiger charge is 2.36. The van der Waals surface area contributed by atoms with Gasteiger partial charge in [-0.3, -0.25) is 4.79 Å². The molecule has 2 N–H and O–H groups in total. The average Bonchev–Trinajstić information content (AvgIpc) is 3.04. The normalized spacial score (nSPS) is 17.4. The molecule has 1 aliphatic rings. The van der Waals surface area contributed by atoms with Crippen molar-refractivity contribution in [2.24, 2.45) is 0 Å². The van der Waals surface area contributed by atoms with Crippen molar-refractivity contribution >= 4 is 16.9 Å². The summed E-state index contributed by atoms with van der Waals surface area (Å²) in [6, 6.07) is 6.33. The third kappa shape index (κ3) is 3.58. The molecule has 0 atom stereocenters. The fraction of sp³-hybridized carbons (Fsp3) is 0.550. The number of hydrogen-bond acceptors (Lipinski definition) is 4. The number of carbonyl (C=O) groups is 1. The molecule has 0 bridgehead atoms. The van der Waals surface area contributed by atoms with Gasteiger partial charge in [-0.05, 0) is 37.0 Å². The Labute approximate surface area is 149 Å². The largest absolute Gasteiger partial charge is 0.463 e. The van der Waals surface area contributed by atoms with Crippen molar-refractivity contribution in [2.75, 3.05) is 19.7 Å². The first kappa shape index (κ1) is 18.0. The number of piperidine rings is 1. The van der Waals surface area contributed by atoms with Crippen LogP contribution in [0.25, 0.3) is 11.0 Å². The Hall–Kier alpha value is -1.85. The molecule has 136 valence electrons. The first-order valence-corrected chi connectivity index (χ1v) is 9.16. The van der Waals surface area contributed by atoms with Crippen LogP contribution in [0.3, 0.4) is 0 Å². The van der Waals surface area contributed by atoms with Gasteiger partial charge in [0.25, 0.3) is 5.91 Å². The molecular formula is C20H28N2O3. The lowest BCUT2D eigenvalue weighted by Crippen LogP contribution is -2.58. The molecule has 2 aromatic rings. The summed E-state index contributed by atoms with van der Waals surface area (Å²) < 4.78 is 5.58. The lowest BCUT2D eigenvalue weighted by molar-refractivity contribution is 0.0511. The van der Waals surface area contributed by atoms with Crippen LogP contribution in [0.1, 0.15) is 49.5 Å². The van der Waals surface area contributed by atoms with Crippen LogP contribution >= 0.6 is 0 Å². The molecule has 25 heavy (non-hydrogen) atoms. The van der Waals surface area contributed by atoms with Gasteiger partial charge in [-0.1, -0.05) is 26.8 Å². The average molecular weight is 344 g/mol. The summed E-state index contributed by atoms with van der Waals surface area (Å²) in [5.74, 6) is 0.0167. The van der Waals surface area contributed by atoms with Gasteiger partial charge in [0, 0.05) is 30.1 Å². The monoisotopic (exact) mass is 344 g/mol. The Balaban J connectivity index is 1.77. The number of carbonyl (C=O) groups excluding carboxylic acids is 1. The first-order valence-electron chi connectivity index (χ1n) is 9.16. The summed E-state index contributed by atoms with van der Waals surface area (Å²) in [6.45, 7) is 7.64. The Morgan fingerprint density at radius 3 is 2.68 bits per heavy atom. The van der Waals surface area contributed by atoms with Gasteiger partial charge in [-0.2, -0.15) is 0 Å². The van der Waals surface area contributed by atoms with Crippen LogP contribution in [0.5, 0.6) is 0 Å². The summed E-state index contributed by atoms with van der Waals surface area (Å²) in [4.78, 5) is 14.9. The minimum Gasteiger partial charge on any atom is -0.463 e. The predicted molar refractivity (Wildman–Crippen MR) is 98.8 cm³/mol. The maximum atomic E-state index is 13.0. The quantitative estimate of drug-likeness (QED) is 0.875. The van der Waals surface area contributed by atoms with Crippen molar-refractivity contribution in [1.29, 1.82) is 0 Å². The van der Waals surface area contributed by atoms with E-state index in [-0.39, 0.29) is 18.1 Å². The Bertz CT molecular complexity index is 742. The number of likely N-dealkylation sites (tertiary alicyclic amines) is 1. The van der Waals surface area contributed by atoms with E-state index >= 15 is 0 Å². The first-order chi connectivity index (χ1) is 12.0. The minimum atomic E-state index is -0.279. The number of aryl methyl sites for hydroxylation is 1. The van der Waals surface area contributed by atoms with Gasteiger partial charge in [0.1, 0.15) is 11.8 Å². The molecule has 5 nitrogen and oxygen atoms in total. The second-order valence-electron chi connectivity index (χ2n) is 7.36. The molecular weight excluding hydrogens is 316 g/mol. The maximum absolute atomic E-state index is 13.0. The van der Waals surface area contributed by atoms with Crippen molar-refractivity contribution in [3.63, 3.8) is 0 Å². The molecule has 1 saturated heterocycles. The Morgan fingerprint density at radius 1 is 1.36 bits per heavy atom. The molecule has 1 aliphatic heterocycles. The zero-order valence-electron chi connectivity index (χ0n) is 15.3. The molecule has 0 radical (unpaired) electrons. The highest BCUT2D eigenvalue weighted by molar-refractivity contribution is 6.06. The van der Waals surface area contributed by atoms with Crippen LogP contribution in [0.2, 0.25) is 0 Å². The van der Waals surface area contributed by atoms with Crippen molar-refractivity contribution < 1.29 is 14.3 Å². The second-order valence-corrected chi connectivity index (χ2v) is 7.36. The summed E-state index contributed by atoms with van der Waals surface area (Å²) in [5.41, 5.74) is 2.31. The molecule has 3 rings (SSSR count). The van der Waals surface area contributed by atoms with Gasteiger partial charge in [0.05, 0.1) is 12.2 Å². The topological polar surface area (TPSA) is 65.7 Å². The second kappa shape index (κ2) is 7.18. The van der Waals surface area contributed by atoms with Crippen LogP contribution in [-0.2, 0) is 6.42 Å². The third-order valence-electron chi connectivity index (χ3n) is 5.18. The van der Waals surface area contributed by atoms with E-state index in [9.17, 15) is 9.90 Å². The Kier molecular flexibility index (Phi) is 5.16. The molecule has 0 saturated carbocycles. The molecule has 0 aliphatic carbocycles. The number of fused-ring (bicyclic) bond motifs is 1. The molecule has 5 heteroatoms. The SMILES string of the molecule is CCc1ccc2occ(C(=O)N3CCC(CO)(NC(C)C)CC3)c2c1. The third-order valence-corrected chi connectivity index (χ3v) is 5.18. The number of benzene rings is 1. The summed E-state index contributed by atoms with van der Waals surface area (Å²) in [6.07, 6.45) is 4.01. The smallest absolute Gasteiger partial charge is 0.257 e. The summed E-state index contributed by atoms with van der Waals surface area (Å²) in [7, 11) is 0. The minimum absolute atomic E-state index is 0.0167. The van der Waals surface area contributed by atoms with Crippen LogP contribution in [0, 0.1) is 0 Å². The predicted octanol–water partition coefficient (Wildman–Crippen LogP) is 2.96. The van der Waals surface area contributed by atoms with E-state index in [2.05, 4.69) is 26.1 Å². The van der Waals surface area contributed by atoms with Gasteiger partial charge >= 0.3 is 0 Å². The molecule has 1 aromatic heterocycles. The van der Waals surface area contributed by atoms with E-state index in [1.165, 1.54) is 5.56 Å². The van der Waals surface area contributed by atoms with Crippen LogP contribution in [-0.4, -0.2) is 47.2 Å². The van der Waals surface area contributed by atoms with E-state index in [1.54, 1.807) is 6.26 Å². The standard InChI is InChI=1S/C20H28N2O3/c1-4-15-5-6-18-16(11-15)17(12-25-18)19(24)22-9-7-20(13-23,8-10-22)21-14(2)3/h5-6,11-12,14,21,23H,4,7-10,13H2,1-3H3. The fourth-order valence-electron chi connectivity index (χ4n) is 3.73. The molecule has 1 amide bonds. The van der Waals surface area contributed by atoms with Crippen molar-refractivity contribution in [3.8, 4) is 0 Å². The van der Waals surface area contributed by atoms with Crippen LogP contribution in [0.4, 0.5) is 0 Å². The summed E-state index contributed by atoms with van der Waals surface area (Å²) >= 11 is 0. The van der Waals surface area contributed by atoms with Crippen molar-refractivity contribution in [3.05, 3.63) is 35.6 Å². The van der Waals surface area contributed by atoms with Gasteiger partial charge in [0.15, 0.2) is 0 Å². The number of amides is 1. The van der Waals surface area contributed by atoms with Crippen molar-refractivity contribution in [2.45, 2.75) is 51.6 Å². The number of nitrogens with one attached hydrogen (secondary N) is 1. The summed E-state index contributed by atoms with van der Waals surface area (Å²) in [5, 5.41) is 14.2. The van der Waals surface area contributed by atoms with E-state index in [0.29, 0.717) is 24.7 Å². The van der Waals surface area contributed by atoms with Crippen molar-refractivity contribution in [1.82, 2.24) is 10.2 Å². The lowest BCUT2D eigenvalue weighted by Gasteiger charge is -2.42. The number of rotatable bonds is 5. The number of furan rings is 1. The number of hydrogen-bond donors (Lipinski definition) is 2. The number of aliphatic hydroxyl groups excluding tert-OH is 1. The zero-order valence-corrected chi connectivity index (χ0v) is 15.3. The Morgan fingerprint density at radius 2 is 2.08 bits per heavy atom. The fourth-order valence-corrected chi connectivity index (χ4v) is 3.73. The number of aliphatic hydroxyl groups is 1. The van der Waals surface area contributed by atoms with E-state index < -0.39 is 0 Å². The zero-order chi connectivity index (χ0) is 18.0. The van der Waals surface area contributed by atoms with Gasteiger partial charge in [-0.25, -0.2) is 0 Å². The highest BCUT2D eigenvalue weighted by atomic mass is 16.3. The van der Waals surface area contributed by atoms with E-state index in [4.69, 9.17) is 4.42 Å². The van der Waals surface area contributed by atoms with E-state index in [1.807, 2.05) is 23.1 Å². The lowest BCUT2D eigenvalue weighted by atomic mass is 9.87. The molecule has 1 aromatic carbocycles. The maximum Gasteiger partial charge on any atom is 0.257 e. The van der Waals surface area contributed by atoms with Gasteiger partial charge < -0.3 is 19.7 Å². The molecule has 0 spiro atoms. The molecule has 2 heterocycles. The molecule has 1 fully saturated rings. The van der Waals surface area contributed by atoms with Gasteiger partial charge in [-0.15, -0.1) is 0 Å². The van der Waals surface area contributed by atoms with Gasteiger partial charge in [0.2, 0.25) is 0 Å². The van der Waals surface area contributed by atoms with Crippen LogP contribution < -0.4 is 5.32 Å². The molecule has 0 unspecified atom stereocenters.